The van der Waals surface area contributed by atoms with Crippen LogP contribution < -0.4 is 0 Å². The summed E-state index contributed by atoms with van der Waals surface area (Å²) in [5.74, 6) is 1.98. The highest BCUT2D eigenvalue weighted by Crippen LogP contribution is 2.22. The second-order valence-corrected chi connectivity index (χ2v) is 7.01. The van der Waals surface area contributed by atoms with E-state index in [1.165, 1.54) is 89.9 Å². The van der Waals surface area contributed by atoms with Gasteiger partial charge in [-0.05, 0) is 11.8 Å². The predicted octanol–water partition coefficient (Wildman–Crippen LogP) is 7.76. The van der Waals surface area contributed by atoms with E-state index in [1.807, 2.05) is 0 Å². The molecule has 0 heteroatoms. The highest BCUT2D eigenvalue weighted by molar-refractivity contribution is 4.60. The molecule has 0 aliphatic carbocycles. The fourth-order valence-electron chi connectivity index (χ4n) is 3.17. The first-order chi connectivity index (χ1) is 9.74. The van der Waals surface area contributed by atoms with Gasteiger partial charge >= 0.3 is 0 Å². The lowest BCUT2D eigenvalue weighted by Gasteiger charge is -2.15. The Morgan fingerprint density at radius 3 is 1.65 bits per heavy atom. The molecule has 0 spiro atoms. The van der Waals surface area contributed by atoms with Crippen LogP contribution in [-0.4, -0.2) is 0 Å². The van der Waals surface area contributed by atoms with Crippen LogP contribution in [0.4, 0.5) is 0 Å². The zero-order valence-corrected chi connectivity index (χ0v) is 15.1. The molecular formula is C20H42. The van der Waals surface area contributed by atoms with Crippen LogP contribution in [0, 0.1) is 11.8 Å². The van der Waals surface area contributed by atoms with Gasteiger partial charge in [0.05, 0.1) is 0 Å². The van der Waals surface area contributed by atoms with Gasteiger partial charge in [0.1, 0.15) is 0 Å². The average molecular weight is 283 g/mol. The molecule has 0 radical (unpaired) electrons. The Morgan fingerprint density at radius 2 is 1.10 bits per heavy atom. The molecule has 20 heavy (non-hydrogen) atoms. The Bertz CT molecular complexity index is 173. The fourth-order valence-corrected chi connectivity index (χ4v) is 3.17. The summed E-state index contributed by atoms with van der Waals surface area (Å²) in [7, 11) is 0. The minimum absolute atomic E-state index is 0.948. The Hall–Kier alpha value is 0. The van der Waals surface area contributed by atoms with Gasteiger partial charge in [0.2, 0.25) is 0 Å². The fraction of sp³-hybridized carbons (Fsp3) is 1.00. The molecule has 2 atom stereocenters. The van der Waals surface area contributed by atoms with Crippen molar-refractivity contribution in [1.29, 1.82) is 0 Å². The van der Waals surface area contributed by atoms with E-state index in [9.17, 15) is 0 Å². The number of hydrogen-bond acceptors (Lipinski definition) is 0. The van der Waals surface area contributed by atoms with E-state index in [0.29, 0.717) is 0 Å². The summed E-state index contributed by atoms with van der Waals surface area (Å²) in [5.41, 5.74) is 0. The molecule has 0 aliphatic heterocycles. The summed E-state index contributed by atoms with van der Waals surface area (Å²) in [6.45, 7) is 9.37. The van der Waals surface area contributed by atoms with Crippen molar-refractivity contribution in [2.75, 3.05) is 0 Å². The van der Waals surface area contributed by atoms with Gasteiger partial charge in [-0.15, -0.1) is 0 Å². The lowest BCUT2D eigenvalue weighted by Crippen LogP contribution is -2.00. The Balaban J connectivity index is 3.35. The average Bonchev–Trinajstić information content (AvgIpc) is 2.46. The summed E-state index contributed by atoms with van der Waals surface area (Å²) in [5, 5.41) is 0. The maximum Gasteiger partial charge on any atom is -0.0414 e. The van der Waals surface area contributed by atoms with Crippen LogP contribution in [-0.2, 0) is 0 Å². The first kappa shape index (κ1) is 20.0. The molecule has 0 aromatic heterocycles. The third-order valence-corrected chi connectivity index (χ3v) is 4.92. The van der Waals surface area contributed by atoms with Gasteiger partial charge in [0.15, 0.2) is 0 Å². The van der Waals surface area contributed by atoms with Crippen LogP contribution in [0.1, 0.15) is 118 Å². The third kappa shape index (κ3) is 13.0. The van der Waals surface area contributed by atoms with Crippen molar-refractivity contribution in [2.24, 2.45) is 11.8 Å². The minimum Gasteiger partial charge on any atom is -0.0654 e. The Labute approximate surface area is 130 Å². The van der Waals surface area contributed by atoms with E-state index >= 15 is 0 Å². The number of hydrogen-bond donors (Lipinski definition) is 0. The maximum absolute atomic E-state index is 2.39. The van der Waals surface area contributed by atoms with Crippen molar-refractivity contribution in [3.05, 3.63) is 0 Å². The molecule has 2 unspecified atom stereocenters. The van der Waals surface area contributed by atoms with Crippen LogP contribution in [0.2, 0.25) is 0 Å². The van der Waals surface area contributed by atoms with Gasteiger partial charge in [-0.1, -0.05) is 118 Å². The van der Waals surface area contributed by atoms with E-state index in [1.54, 1.807) is 0 Å². The molecule has 0 aromatic carbocycles. The highest BCUT2D eigenvalue weighted by atomic mass is 14.1. The van der Waals surface area contributed by atoms with Gasteiger partial charge < -0.3 is 0 Å². The van der Waals surface area contributed by atoms with Crippen LogP contribution in [0.15, 0.2) is 0 Å². The number of unbranched alkanes of at least 4 members (excludes halogenated alkanes) is 6. The van der Waals surface area contributed by atoms with Gasteiger partial charge in [-0.25, -0.2) is 0 Å². The first-order valence-electron chi connectivity index (χ1n) is 9.74. The zero-order valence-electron chi connectivity index (χ0n) is 15.1. The molecular weight excluding hydrogens is 240 g/mol. The van der Waals surface area contributed by atoms with Crippen molar-refractivity contribution < 1.29 is 0 Å². The predicted molar refractivity (Wildman–Crippen MR) is 94.3 cm³/mol. The molecule has 0 nitrogen and oxygen atoms in total. The van der Waals surface area contributed by atoms with Crippen LogP contribution >= 0.6 is 0 Å². The molecule has 0 rings (SSSR count). The summed E-state index contributed by atoms with van der Waals surface area (Å²) >= 11 is 0. The summed E-state index contributed by atoms with van der Waals surface area (Å²) < 4.78 is 0. The van der Waals surface area contributed by atoms with E-state index in [2.05, 4.69) is 27.7 Å². The lowest BCUT2D eigenvalue weighted by molar-refractivity contribution is 0.382. The van der Waals surface area contributed by atoms with Crippen molar-refractivity contribution in [3.63, 3.8) is 0 Å². The Morgan fingerprint density at radius 1 is 0.550 bits per heavy atom. The summed E-state index contributed by atoms with van der Waals surface area (Å²) in [6.07, 6.45) is 20.3. The van der Waals surface area contributed by atoms with Crippen LogP contribution in [0.3, 0.4) is 0 Å². The van der Waals surface area contributed by atoms with E-state index in [0.717, 1.165) is 11.8 Å². The second-order valence-electron chi connectivity index (χ2n) is 7.01. The quantitative estimate of drug-likeness (QED) is 0.269. The normalized spacial score (nSPS) is 14.4. The Kier molecular flexibility index (Phi) is 15.4. The van der Waals surface area contributed by atoms with E-state index in [-0.39, 0.29) is 0 Å². The molecule has 122 valence electrons. The maximum atomic E-state index is 2.39. The molecule has 0 fully saturated rings. The monoisotopic (exact) mass is 282 g/mol. The second kappa shape index (κ2) is 15.4. The standard InChI is InChI=1S/C20H42/c1-5-8-17-20(15-6-2)18-14-12-10-9-11-13-16-19(4)7-3/h19-20H,5-18H2,1-4H3. The van der Waals surface area contributed by atoms with Gasteiger partial charge in [-0.2, -0.15) is 0 Å². The van der Waals surface area contributed by atoms with Crippen LogP contribution in [0.5, 0.6) is 0 Å². The zero-order chi connectivity index (χ0) is 15.1. The summed E-state index contributed by atoms with van der Waals surface area (Å²) in [4.78, 5) is 0. The SMILES string of the molecule is CCCCC(CCC)CCCCCCCCC(C)CC. The van der Waals surface area contributed by atoms with Crippen molar-refractivity contribution >= 4 is 0 Å². The number of rotatable bonds is 15. The topological polar surface area (TPSA) is 0 Å². The molecule has 0 saturated heterocycles. The molecule has 0 aromatic rings. The highest BCUT2D eigenvalue weighted by Gasteiger charge is 2.06. The van der Waals surface area contributed by atoms with Crippen molar-refractivity contribution in [1.82, 2.24) is 0 Å². The lowest BCUT2D eigenvalue weighted by atomic mass is 9.91. The minimum atomic E-state index is 0.948. The molecule has 0 heterocycles. The molecule has 0 saturated carbocycles. The van der Waals surface area contributed by atoms with E-state index in [4.69, 9.17) is 0 Å². The van der Waals surface area contributed by atoms with E-state index < -0.39 is 0 Å². The smallest absolute Gasteiger partial charge is 0.0414 e. The molecule has 0 bridgehead atoms. The van der Waals surface area contributed by atoms with Gasteiger partial charge in [0, 0.05) is 0 Å². The molecule has 0 amide bonds. The molecule has 0 N–H and O–H groups in total. The largest absolute Gasteiger partial charge is 0.0654 e. The first-order valence-corrected chi connectivity index (χ1v) is 9.74. The summed E-state index contributed by atoms with van der Waals surface area (Å²) in [6, 6.07) is 0. The van der Waals surface area contributed by atoms with Gasteiger partial charge in [-0.3, -0.25) is 0 Å². The van der Waals surface area contributed by atoms with Crippen molar-refractivity contribution in [2.45, 2.75) is 118 Å². The van der Waals surface area contributed by atoms with Crippen molar-refractivity contribution in [3.8, 4) is 0 Å². The van der Waals surface area contributed by atoms with Crippen LogP contribution in [0.25, 0.3) is 0 Å². The third-order valence-electron chi connectivity index (χ3n) is 4.92. The molecule has 0 aliphatic rings. The van der Waals surface area contributed by atoms with Gasteiger partial charge in [0.25, 0.3) is 0 Å².